The first-order valence-corrected chi connectivity index (χ1v) is 12.4. The van der Waals surface area contributed by atoms with Crippen molar-refractivity contribution in [1.82, 2.24) is 24.9 Å². The smallest absolute Gasteiger partial charge is 0.220 e. The van der Waals surface area contributed by atoms with E-state index < -0.39 is 11.6 Å². The third kappa shape index (κ3) is 4.79. The number of pyridine rings is 3. The van der Waals surface area contributed by atoms with Gasteiger partial charge in [-0.15, -0.1) is 0 Å². The molecule has 1 aliphatic heterocycles. The maximum atomic E-state index is 15.4. The SMILES string of the molecule is Cc1c(-c2ccccn2)nc2cc(F)cc(F)c2c1Nc1cc(-c2ccnc(N)n2)cnc1N1CCOCC1. The molecule has 4 aromatic heterocycles. The lowest BCUT2D eigenvalue weighted by Crippen LogP contribution is -2.37. The van der Waals surface area contributed by atoms with E-state index in [0.717, 1.165) is 6.07 Å². The van der Waals surface area contributed by atoms with Crippen LogP contribution in [-0.4, -0.2) is 51.2 Å². The average molecular weight is 527 g/mol. The van der Waals surface area contributed by atoms with Gasteiger partial charge < -0.3 is 20.7 Å². The first kappa shape index (κ1) is 24.6. The summed E-state index contributed by atoms with van der Waals surface area (Å²) in [5.41, 5.74) is 10.1. The zero-order chi connectivity index (χ0) is 26.9. The molecule has 0 unspecified atom stereocenters. The van der Waals surface area contributed by atoms with Crippen LogP contribution in [0.15, 0.2) is 61.1 Å². The molecule has 6 rings (SSSR count). The van der Waals surface area contributed by atoms with Gasteiger partial charge in [-0.25, -0.2) is 28.7 Å². The topological polar surface area (TPSA) is 115 Å². The van der Waals surface area contributed by atoms with E-state index in [1.54, 1.807) is 36.8 Å². The van der Waals surface area contributed by atoms with Gasteiger partial charge in [0.25, 0.3) is 0 Å². The van der Waals surface area contributed by atoms with Gasteiger partial charge in [0.15, 0.2) is 5.82 Å². The number of nitrogens with one attached hydrogen (secondary N) is 1. The lowest BCUT2D eigenvalue weighted by Gasteiger charge is -2.30. The van der Waals surface area contributed by atoms with Gasteiger partial charge in [0.2, 0.25) is 5.95 Å². The summed E-state index contributed by atoms with van der Waals surface area (Å²) in [5, 5.41) is 3.59. The molecule has 1 aliphatic rings. The minimum absolute atomic E-state index is 0.138. The molecule has 0 aliphatic carbocycles. The number of benzene rings is 1. The van der Waals surface area contributed by atoms with Crippen LogP contribution in [0.4, 0.5) is 31.9 Å². The number of hydrogen-bond donors (Lipinski definition) is 2. The molecule has 9 nitrogen and oxygen atoms in total. The molecule has 0 bridgehead atoms. The maximum Gasteiger partial charge on any atom is 0.220 e. The van der Waals surface area contributed by atoms with Crippen molar-refractivity contribution in [2.24, 2.45) is 0 Å². The standard InChI is InChI=1S/C28H24F2N8O/c1-16-25(21-4-2-3-6-32-21)35-22-14-18(29)13-19(30)24(22)26(16)36-23-12-17(20-5-7-33-28(31)37-20)15-34-27(23)38-8-10-39-11-9-38/h2-7,12-15H,8-11H2,1H3,(H,35,36)(H2,31,33,37). The first-order valence-electron chi connectivity index (χ1n) is 12.4. The maximum absolute atomic E-state index is 15.4. The Morgan fingerprint density at radius 1 is 0.949 bits per heavy atom. The minimum atomic E-state index is -0.726. The molecule has 5 aromatic rings. The van der Waals surface area contributed by atoms with Gasteiger partial charge in [0, 0.05) is 54.9 Å². The summed E-state index contributed by atoms with van der Waals surface area (Å²) in [6, 6.07) is 11.1. The predicted octanol–water partition coefficient (Wildman–Crippen LogP) is 4.90. The second-order valence-corrected chi connectivity index (χ2v) is 9.08. The minimum Gasteiger partial charge on any atom is -0.378 e. The molecular weight excluding hydrogens is 502 g/mol. The largest absolute Gasteiger partial charge is 0.378 e. The molecule has 3 N–H and O–H groups in total. The number of nitrogens with zero attached hydrogens (tertiary/aromatic N) is 6. The van der Waals surface area contributed by atoms with E-state index in [1.807, 2.05) is 19.1 Å². The van der Waals surface area contributed by atoms with Crippen LogP contribution in [0.2, 0.25) is 0 Å². The lowest BCUT2D eigenvalue weighted by molar-refractivity contribution is 0.122. The summed E-state index contributed by atoms with van der Waals surface area (Å²) in [6.45, 7) is 4.21. The number of nitrogens with two attached hydrogens (primary N) is 1. The monoisotopic (exact) mass is 526 g/mol. The summed E-state index contributed by atoms with van der Waals surface area (Å²) < 4.78 is 35.2. The number of halogens is 2. The number of ether oxygens (including phenoxy) is 1. The molecule has 0 saturated carbocycles. The zero-order valence-corrected chi connectivity index (χ0v) is 21.0. The summed E-state index contributed by atoms with van der Waals surface area (Å²) in [6.07, 6.45) is 4.94. The number of morpholine rings is 1. The molecule has 1 aromatic carbocycles. The van der Waals surface area contributed by atoms with E-state index in [1.165, 1.54) is 6.07 Å². The van der Waals surface area contributed by atoms with Crippen LogP contribution in [-0.2, 0) is 4.74 Å². The summed E-state index contributed by atoms with van der Waals surface area (Å²) in [5.74, 6) is -0.640. The van der Waals surface area contributed by atoms with Gasteiger partial charge in [-0.3, -0.25) is 4.98 Å². The van der Waals surface area contributed by atoms with Crippen LogP contribution < -0.4 is 16.0 Å². The van der Waals surface area contributed by atoms with Crippen molar-refractivity contribution in [3.8, 4) is 22.6 Å². The Bertz CT molecular complexity index is 1680. The van der Waals surface area contributed by atoms with E-state index in [9.17, 15) is 4.39 Å². The second-order valence-electron chi connectivity index (χ2n) is 9.08. The van der Waals surface area contributed by atoms with Gasteiger partial charge in [0.05, 0.1) is 52.6 Å². The zero-order valence-electron chi connectivity index (χ0n) is 21.0. The summed E-state index contributed by atoms with van der Waals surface area (Å²) in [4.78, 5) is 24.2. The molecule has 1 saturated heterocycles. The van der Waals surface area contributed by atoms with E-state index in [-0.39, 0.29) is 16.9 Å². The van der Waals surface area contributed by atoms with Crippen LogP contribution in [0.5, 0.6) is 0 Å². The number of aromatic nitrogens is 5. The highest BCUT2D eigenvalue weighted by molar-refractivity contribution is 5.99. The fraction of sp³-hybridized carbons (Fsp3) is 0.179. The van der Waals surface area contributed by atoms with Gasteiger partial charge in [-0.05, 0) is 31.2 Å². The summed E-state index contributed by atoms with van der Waals surface area (Å²) in [7, 11) is 0. The average Bonchev–Trinajstić information content (AvgIpc) is 2.95. The Kier molecular flexibility index (Phi) is 6.41. The van der Waals surface area contributed by atoms with Gasteiger partial charge in [-0.2, -0.15) is 0 Å². The van der Waals surface area contributed by atoms with Crippen molar-refractivity contribution < 1.29 is 13.5 Å². The molecule has 0 amide bonds. The normalized spacial score (nSPS) is 13.6. The second kappa shape index (κ2) is 10.2. The Morgan fingerprint density at radius 3 is 2.56 bits per heavy atom. The molecule has 0 spiro atoms. The van der Waals surface area contributed by atoms with Gasteiger partial charge in [0.1, 0.15) is 11.6 Å². The molecule has 196 valence electrons. The third-order valence-electron chi connectivity index (χ3n) is 6.56. The van der Waals surface area contributed by atoms with Crippen LogP contribution >= 0.6 is 0 Å². The Balaban J connectivity index is 1.56. The van der Waals surface area contributed by atoms with Crippen molar-refractivity contribution >= 4 is 34.0 Å². The fourth-order valence-electron chi connectivity index (χ4n) is 4.70. The van der Waals surface area contributed by atoms with E-state index >= 15 is 4.39 Å². The lowest BCUT2D eigenvalue weighted by atomic mass is 10.0. The van der Waals surface area contributed by atoms with Crippen molar-refractivity contribution in [3.63, 3.8) is 0 Å². The number of rotatable bonds is 5. The van der Waals surface area contributed by atoms with Gasteiger partial charge >= 0.3 is 0 Å². The predicted molar refractivity (Wildman–Crippen MR) is 146 cm³/mol. The highest BCUT2D eigenvalue weighted by Gasteiger charge is 2.22. The van der Waals surface area contributed by atoms with E-state index in [4.69, 9.17) is 15.5 Å². The molecule has 11 heteroatoms. The number of anilines is 4. The van der Waals surface area contributed by atoms with E-state index in [0.29, 0.717) is 71.7 Å². The third-order valence-corrected chi connectivity index (χ3v) is 6.56. The molecule has 0 atom stereocenters. The van der Waals surface area contributed by atoms with E-state index in [2.05, 4.69) is 30.2 Å². The van der Waals surface area contributed by atoms with Crippen LogP contribution in [0.3, 0.4) is 0 Å². The number of fused-ring (bicyclic) bond motifs is 1. The molecule has 0 radical (unpaired) electrons. The van der Waals surface area contributed by atoms with Crippen LogP contribution in [0.1, 0.15) is 5.56 Å². The fourth-order valence-corrected chi connectivity index (χ4v) is 4.70. The van der Waals surface area contributed by atoms with Crippen LogP contribution in [0, 0.1) is 18.6 Å². The van der Waals surface area contributed by atoms with Gasteiger partial charge in [-0.1, -0.05) is 6.07 Å². The molecule has 1 fully saturated rings. The quantitative estimate of drug-likeness (QED) is 0.330. The summed E-state index contributed by atoms with van der Waals surface area (Å²) >= 11 is 0. The van der Waals surface area contributed by atoms with Crippen molar-refractivity contribution in [2.45, 2.75) is 6.92 Å². The molecule has 39 heavy (non-hydrogen) atoms. The van der Waals surface area contributed by atoms with Crippen LogP contribution in [0.25, 0.3) is 33.5 Å². The van der Waals surface area contributed by atoms with Crippen molar-refractivity contribution in [1.29, 1.82) is 0 Å². The van der Waals surface area contributed by atoms with Crippen molar-refractivity contribution in [2.75, 3.05) is 42.3 Å². The Hall–Kier alpha value is -4.77. The number of hydrogen-bond acceptors (Lipinski definition) is 9. The number of nitrogen functional groups attached to an aromatic ring is 1. The Labute approximate surface area is 222 Å². The molecule has 5 heterocycles. The first-order chi connectivity index (χ1) is 19.0. The highest BCUT2D eigenvalue weighted by atomic mass is 19.1. The molecular formula is C28H24F2N8O. The van der Waals surface area contributed by atoms with Crippen molar-refractivity contribution in [3.05, 3.63) is 78.3 Å². The highest BCUT2D eigenvalue weighted by Crippen LogP contribution is 2.39. The Morgan fingerprint density at radius 2 is 1.79 bits per heavy atom.